The van der Waals surface area contributed by atoms with Crippen molar-refractivity contribution in [3.05, 3.63) is 64.5 Å². The van der Waals surface area contributed by atoms with Gasteiger partial charge in [0.1, 0.15) is 5.82 Å². The molecule has 2 heterocycles. The highest BCUT2D eigenvalue weighted by Gasteiger charge is 2.13. The lowest BCUT2D eigenvalue weighted by Crippen LogP contribution is -2.27. The van der Waals surface area contributed by atoms with Crippen molar-refractivity contribution >= 4 is 16.9 Å². The number of nitrogens with one attached hydrogen (secondary N) is 1. The zero-order valence-electron chi connectivity index (χ0n) is 13.0. The summed E-state index contributed by atoms with van der Waals surface area (Å²) >= 11 is 0. The SMILES string of the molecule is CC(C)n1c(=O)c(NCc2cccc(F)c2)nc2ccncc21. The molecule has 0 amide bonds. The number of halogens is 1. The van der Waals surface area contributed by atoms with Gasteiger partial charge in [-0.3, -0.25) is 14.3 Å². The number of benzene rings is 1. The molecule has 0 atom stereocenters. The molecule has 1 aromatic carbocycles. The van der Waals surface area contributed by atoms with Crippen LogP contribution in [-0.4, -0.2) is 14.5 Å². The minimum atomic E-state index is -0.304. The van der Waals surface area contributed by atoms with Crippen LogP contribution in [0.2, 0.25) is 0 Å². The lowest BCUT2D eigenvalue weighted by molar-refractivity contribution is 0.598. The van der Waals surface area contributed by atoms with Gasteiger partial charge < -0.3 is 5.32 Å². The van der Waals surface area contributed by atoms with E-state index in [-0.39, 0.29) is 23.2 Å². The third kappa shape index (κ3) is 3.06. The molecule has 0 aliphatic carbocycles. The topological polar surface area (TPSA) is 59.8 Å². The highest BCUT2D eigenvalue weighted by Crippen LogP contribution is 2.15. The molecule has 0 fully saturated rings. The number of nitrogens with zero attached hydrogens (tertiary/aromatic N) is 3. The van der Waals surface area contributed by atoms with Crippen molar-refractivity contribution in [1.82, 2.24) is 14.5 Å². The summed E-state index contributed by atoms with van der Waals surface area (Å²) in [7, 11) is 0. The predicted octanol–water partition coefficient (Wildman–Crippen LogP) is 3.12. The molecule has 5 nitrogen and oxygen atoms in total. The van der Waals surface area contributed by atoms with E-state index >= 15 is 0 Å². The van der Waals surface area contributed by atoms with Gasteiger partial charge in [-0.1, -0.05) is 12.1 Å². The van der Waals surface area contributed by atoms with Gasteiger partial charge in [0.25, 0.3) is 5.56 Å². The highest BCUT2D eigenvalue weighted by molar-refractivity contribution is 5.75. The van der Waals surface area contributed by atoms with Crippen LogP contribution in [0.25, 0.3) is 11.0 Å². The maximum absolute atomic E-state index is 13.2. The van der Waals surface area contributed by atoms with Crippen molar-refractivity contribution in [3.8, 4) is 0 Å². The molecule has 3 rings (SSSR count). The van der Waals surface area contributed by atoms with Crippen LogP contribution in [0.15, 0.2) is 47.5 Å². The molecule has 0 aliphatic rings. The molecule has 2 aromatic heterocycles. The van der Waals surface area contributed by atoms with E-state index in [4.69, 9.17) is 0 Å². The molecule has 3 aromatic rings. The number of anilines is 1. The maximum atomic E-state index is 13.2. The Hall–Kier alpha value is -2.76. The summed E-state index contributed by atoms with van der Waals surface area (Å²) in [4.78, 5) is 21.1. The Morgan fingerprint density at radius 2 is 2.13 bits per heavy atom. The van der Waals surface area contributed by atoms with Gasteiger partial charge in [-0.2, -0.15) is 0 Å². The maximum Gasteiger partial charge on any atom is 0.294 e. The Bertz CT molecular complexity index is 904. The van der Waals surface area contributed by atoms with E-state index in [0.717, 1.165) is 5.56 Å². The van der Waals surface area contributed by atoms with Crippen LogP contribution >= 0.6 is 0 Å². The second-order valence-corrected chi connectivity index (χ2v) is 5.58. The molecular formula is C17H17FN4O. The Kier molecular flexibility index (Phi) is 4.06. The molecule has 23 heavy (non-hydrogen) atoms. The molecule has 0 spiro atoms. The number of hydrogen-bond donors (Lipinski definition) is 1. The van der Waals surface area contributed by atoms with E-state index in [0.29, 0.717) is 17.6 Å². The van der Waals surface area contributed by atoms with Crippen molar-refractivity contribution < 1.29 is 4.39 Å². The first-order valence-electron chi connectivity index (χ1n) is 7.41. The van der Waals surface area contributed by atoms with Crippen molar-refractivity contribution in [2.24, 2.45) is 0 Å². The fourth-order valence-electron chi connectivity index (χ4n) is 2.51. The van der Waals surface area contributed by atoms with E-state index in [9.17, 15) is 9.18 Å². The summed E-state index contributed by atoms with van der Waals surface area (Å²) < 4.78 is 14.9. The first kappa shape index (κ1) is 15.1. The van der Waals surface area contributed by atoms with E-state index in [1.807, 2.05) is 13.8 Å². The molecule has 118 valence electrons. The minimum absolute atomic E-state index is 0.0214. The standard InChI is InChI=1S/C17H17FN4O/c1-11(2)22-15-10-19-7-6-14(15)21-16(17(22)23)20-9-12-4-3-5-13(18)8-12/h3-8,10-11H,9H2,1-2H3,(H,20,21). The Morgan fingerprint density at radius 3 is 2.87 bits per heavy atom. The van der Waals surface area contributed by atoms with Gasteiger partial charge >= 0.3 is 0 Å². The molecule has 0 unspecified atom stereocenters. The van der Waals surface area contributed by atoms with Crippen molar-refractivity contribution in [2.75, 3.05) is 5.32 Å². The lowest BCUT2D eigenvalue weighted by atomic mass is 10.2. The summed E-state index contributed by atoms with van der Waals surface area (Å²) in [6.07, 6.45) is 3.28. The summed E-state index contributed by atoms with van der Waals surface area (Å²) in [6, 6.07) is 7.99. The molecule has 0 saturated carbocycles. The number of hydrogen-bond acceptors (Lipinski definition) is 4. The van der Waals surface area contributed by atoms with E-state index < -0.39 is 0 Å². The van der Waals surface area contributed by atoms with E-state index in [2.05, 4.69) is 15.3 Å². The largest absolute Gasteiger partial charge is 0.361 e. The molecular weight excluding hydrogens is 295 g/mol. The summed E-state index contributed by atoms with van der Waals surface area (Å²) in [5.74, 6) is -0.0527. The van der Waals surface area contributed by atoms with Gasteiger partial charge in [0.15, 0.2) is 5.82 Å². The second kappa shape index (κ2) is 6.16. The third-order valence-corrected chi connectivity index (χ3v) is 3.56. The number of fused-ring (bicyclic) bond motifs is 1. The van der Waals surface area contributed by atoms with Crippen molar-refractivity contribution in [3.63, 3.8) is 0 Å². The average molecular weight is 312 g/mol. The van der Waals surface area contributed by atoms with Crippen LogP contribution in [0.5, 0.6) is 0 Å². The smallest absolute Gasteiger partial charge is 0.294 e. The predicted molar refractivity (Wildman–Crippen MR) is 87.9 cm³/mol. The Balaban J connectivity index is 2.01. The molecule has 0 saturated heterocycles. The highest BCUT2D eigenvalue weighted by atomic mass is 19.1. The average Bonchev–Trinajstić information content (AvgIpc) is 2.52. The van der Waals surface area contributed by atoms with Crippen LogP contribution in [0.1, 0.15) is 25.5 Å². The Morgan fingerprint density at radius 1 is 1.30 bits per heavy atom. The molecule has 0 radical (unpaired) electrons. The summed E-state index contributed by atoms with van der Waals surface area (Å²) in [5.41, 5.74) is 1.92. The number of pyridine rings is 1. The first-order valence-corrected chi connectivity index (χ1v) is 7.41. The van der Waals surface area contributed by atoms with E-state index in [1.165, 1.54) is 12.1 Å². The van der Waals surface area contributed by atoms with E-state index in [1.54, 1.807) is 35.2 Å². The lowest BCUT2D eigenvalue weighted by Gasteiger charge is -2.15. The van der Waals surface area contributed by atoms with Crippen LogP contribution in [0, 0.1) is 5.82 Å². The molecule has 0 bridgehead atoms. The second-order valence-electron chi connectivity index (χ2n) is 5.58. The summed E-state index contributed by atoms with van der Waals surface area (Å²) in [5, 5.41) is 3.01. The fourth-order valence-corrected chi connectivity index (χ4v) is 2.51. The fraction of sp³-hybridized carbons (Fsp3) is 0.235. The molecule has 0 aliphatic heterocycles. The zero-order chi connectivity index (χ0) is 16.4. The van der Waals surface area contributed by atoms with Crippen LogP contribution in [-0.2, 0) is 6.54 Å². The quantitative estimate of drug-likeness (QED) is 0.804. The number of rotatable bonds is 4. The van der Waals surface area contributed by atoms with Crippen molar-refractivity contribution in [1.29, 1.82) is 0 Å². The monoisotopic (exact) mass is 312 g/mol. The van der Waals surface area contributed by atoms with Crippen LogP contribution < -0.4 is 10.9 Å². The first-order chi connectivity index (χ1) is 11.1. The molecule has 1 N–H and O–H groups in total. The van der Waals surface area contributed by atoms with Crippen molar-refractivity contribution in [2.45, 2.75) is 26.4 Å². The van der Waals surface area contributed by atoms with Gasteiger partial charge in [0.05, 0.1) is 17.2 Å². The van der Waals surface area contributed by atoms with Crippen LogP contribution in [0.4, 0.5) is 10.2 Å². The van der Waals surface area contributed by atoms with Gasteiger partial charge in [0.2, 0.25) is 0 Å². The third-order valence-electron chi connectivity index (χ3n) is 3.56. The van der Waals surface area contributed by atoms with Crippen LogP contribution in [0.3, 0.4) is 0 Å². The van der Waals surface area contributed by atoms with Gasteiger partial charge in [-0.05, 0) is 37.6 Å². The van der Waals surface area contributed by atoms with Gasteiger partial charge in [-0.15, -0.1) is 0 Å². The zero-order valence-corrected chi connectivity index (χ0v) is 13.0. The molecule has 6 heteroatoms. The summed E-state index contributed by atoms with van der Waals surface area (Å²) in [6.45, 7) is 4.20. The minimum Gasteiger partial charge on any atom is -0.361 e. The normalized spacial score (nSPS) is 11.1. The number of aromatic nitrogens is 3. The Labute approximate surface area is 132 Å². The van der Waals surface area contributed by atoms with Gasteiger partial charge in [0, 0.05) is 18.8 Å². The van der Waals surface area contributed by atoms with Gasteiger partial charge in [-0.25, -0.2) is 9.37 Å².